The van der Waals surface area contributed by atoms with Crippen LogP contribution in [0, 0.1) is 0 Å². The van der Waals surface area contributed by atoms with Gasteiger partial charge in [-0.25, -0.2) is 0 Å². The lowest BCUT2D eigenvalue weighted by atomic mass is 10.0. The van der Waals surface area contributed by atoms with E-state index < -0.39 is 6.36 Å². The number of nitrogens with zero attached hydrogens (tertiary/aromatic N) is 5. The number of carbonyl (C=O) groups excluding carboxylic acids is 1. The topological polar surface area (TPSA) is 73.1 Å². The Morgan fingerprint density at radius 3 is 2.71 bits per heavy atom. The van der Waals surface area contributed by atoms with Gasteiger partial charge in [-0.1, -0.05) is 18.7 Å². The minimum Gasteiger partial charge on any atom is -0.406 e. The van der Waals surface area contributed by atoms with Gasteiger partial charge in [0.25, 0.3) is 0 Å². The van der Waals surface area contributed by atoms with Crippen LogP contribution in [0.2, 0.25) is 0 Å². The van der Waals surface area contributed by atoms with Gasteiger partial charge < -0.3 is 9.64 Å². The van der Waals surface area contributed by atoms with Gasteiger partial charge in [0.2, 0.25) is 11.1 Å². The molecule has 2 heterocycles. The average Bonchev–Trinajstić information content (AvgIpc) is 3.14. The van der Waals surface area contributed by atoms with Crippen LogP contribution in [0.4, 0.5) is 13.2 Å². The second-order valence-electron chi connectivity index (χ2n) is 6.35. The van der Waals surface area contributed by atoms with E-state index in [9.17, 15) is 18.0 Å². The molecule has 1 aliphatic rings. The number of amides is 1. The Morgan fingerprint density at radius 1 is 1.29 bits per heavy atom. The molecule has 1 fully saturated rings. The van der Waals surface area contributed by atoms with E-state index in [1.54, 1.807) is 0 Å². The molecule has 1 amide bonds. The number of hydrogen-bond donors (Lipinski definition) is 0. The quantitative estimate of drug-likeness (QED) is 0.673. The van der Waals surface area contributed by atoms with E-state index in [2.05, 4.69) is 27.2 Å². The summed E-state index contributed by atoms with van der Waals surface area (Å²) >= 11 is 1.20. The number of carbonyl (C=O) groups is 1. The maximum absolute atomic E-state index is 12.6. The molecule has 0 spiro atoms. The van der Waals surface area contributed by atoms with Crippen molar-refractivity contribution in [2.45, 2.75) is 50.2 Å². The van der Waals surface area contributed by atoms with Gasteiger partial charge in [-0.3, -0.25) is 4.79 Å². The maximum Gasteiger partial charge on any atom is 0.573 e. The summed E-state index contributed by atoms with van der Waals surface area (Å²) in [7, 11) is 0. The third-order valence-electron chi connectivity index (χ3n) is 4.50. The third-order valence-corrected chi connectivity index (χ3v) is 5.40. The van der Waals surface area contributed by atoms with Crippen LogP contribution in [0.5, 0.6) is 5.75 Å². The molecule has 0 aliphatic carbocycles. The number of rotatable bonds is 6. The Bertz CT molecular complexity index is 797. The highest BCUT2D eigenvalue weighted by atomic mass is 32.2. The molecule has 1 saturated heterocycles. The van der Waals surface area contributed by atoms with Crippen LogP contribution >= 0.6 is 11.8 Å². The number of alkyl halides is 3. The molecule has 152 valence electrons. The minimum absolute atomic E-state index is 0.0417. The molecule has 1 aromatic carbocycles. The van der Waals surface area contributed by atoms with Crippen molar-refractivity contribution in [3.8, 4) is 11.4 Å². The number of thioether (sulfide) groups is 1. The normalized spacial score (nSPS) is 17.6. The molecule has 7 nitrogen and oxygen atoms in total. The number of hydrogen-bond acceptors (Lipinski definition) is 6. The highest BCUT2D eigenvalue weighted by molar-refractivity contribution is 7.99. The number of piperidine rings is 1. The van der Waals surface area contributed by atoms with Gasteiger partial charge in [0, 0.05) is 12.6 Å². The molecule has 2 aromatic rings. The lowest BCUT2D eigenvalue weighted by Gasteiger charge is -2.35. The summed E-state index contributed by atoms with van der Waals surface area (Å²) in [5.41, 5.74) is 0.471. The minimum atomic E-state index is -4.75. The van der Waals surface area contributed by atoms with Crippen molar-refractivity contribution < 1.29 is 22.7 Å². The van der Waals surface area contributed by atoms with E-state index in [0.717, 1.165) is 32.2 Å². The van der Waals surface area contributed by atoms with Gasteiger partial charge in [-0.2, -0.15) is 4.68 Å². The van der Waals surface area contributed by atoms with E-state index in [1.165, 1.54) is 40.7 Å². The van der Waals surface area contributed by atoms with Crippen LogP contribution in [-0.2, 0) is 4.79 Å². The first-order valence-corrected chi connectivity index (χ1v) is 9.93. The fraction of sp³-hybridized carbons (Fsp3) is 0.529. The molecule has 0 bridgehead atoms. The van der Waals surface area contributed by atoms with Gasteiger partial charge >= 0.3 is 6.36 Å². The molecule has 0 saturated carbocycles. The summed E-state index contributed by atoms with van der Waals surface area (Å²) in [6.07, 6.45) is -0.640. The van der Waals surface area contributed by atoms with Crippen molar-refractivity contribution in [2.75, 3.05) is 12.3 Å². The molecular formula is C17H20F3N5O2S. The van der Waals surface area contributed by atoms with Crippen molar-refractivity contribution in [1.82, 2.24) is 25.1 Å². The smallest absolute Gasteiger partial charge is 0.406 e. The van der Waals surface area contributed by atoms with Crippen LogP contribution < -0.4 is 4.74 Å². The number of likely N-dealkylation sites (tertiary alicyclic amines) is 1. The SMILES string of the molecule is CCC1CCCCN1C(=O)CSc1nnnn1-c1ccc(OC(F)(F)F)cc1. The Kier molecular flexibility index (Phi) is 6.42. The van der Waals surface area contributed by atoms with Crippen molar-refractivity contribution >= 4 is 17.7 Å². The summed E-state index contributed by atoms with van der Waals surface area (Å²) < 4.78 is 42.0. The van der Waals surface area contributed by atoms with E-state index in [0.29, 0.717) is 10.8 Å². The Hall–Kier alpha value is -2.30. The van der Waals surface area contributed by atoms with Crippen LogP contribution in [-0.4, -0.2) is 55.7 Å². The largest absolute Gasteiger partial charge is 0.573 e. The van der Waals surface area contributed by atoms with Crippen molar-refractivity contribution in [1.29, 1.82) is 0 Å². The van der Waals surface area contributed by atoms with Crippen LogP contribution in [0.25, 0.3) is 5.69 Å². The molecule has 3 rings (SSSR count). The standard InChI is InChI=1S/C17H20F3N5O2S/c1-2-12-5-3-4-10-24(12)15(26)11-28-16-21-22-23-25(16)13-6-8-14(9-7-13)27-17(18,19)20/h6-9,12H,2-5,10-11H2,1H3. The van der Waals surface area contributed by atoms with Gasteiger partial charge in [0.15, 0.2) is 0 Å². The molecule has 28 heavy (non-hydrogen) atoms. The Labute approximate surface area is 164 Å². The predicted octanol–water partition coefficient (Wildman–Crippen LogP) is 3.44. The van der Waals surface area contributed by atoms with Crippen LogP contribution in [0.3, 0.4) is 0 Å². The van der Waals surface area contributed by atoms with Crippen molar-refractivity contribution in [2.24, 2.45) is 0 Å². The predicted molar refractivity (Wildman–Crippen MR) is 96.2 cm³/mol. The lowest BCUT2D eigenvalue weighted by Crippen LogP contribution is -2.44. The van der Waals surface area contributed by atoms with Crippen LogP contribution in [0.1, 0.15) is 32.6 Å². The number of tetrazole rings is 1. The molecular weight excluding hydrogens is 395 g/mol. The monoisotopic (exact) mass is 415 g/mol. The summed E-state index contributed by atoms with van der Waals surface area (Å²) in [6.45, 7) is 2.85. The number of halogens is 3. The Balaban J connectivity index is 1.64. The first-order valence-electron chi connectivity index (χ1n) is 8.94. The lowest BCUT2D eigenvalue weighted by molar-refractivity contribution is -0.274. The second-order valence-corrected chi connectivity index (χ2v) is 7.29. The molecule has 1 atom stereocenters. The van der Waals surface area contributed by atoms with E-state index in [1.807, 2.05) is 4.90 Å². The molecule has 0 N–H and O–H groups in total. The fourth-order valence-electron chi connectivity index (χ4n) is 3.18. The first-order chi connectivity index (χ1) is 13.4. The average molecular weight is 415 g/mol. The van der Waals surface area contributed by atoms with E-state index in [-0.39, 0.29) is 23.5 Å². The highest BCUT2D eigenvalue weighted by Crippen LogP contribution is 2.26. The van der Waals surface area contributed by atoms with Gasteiger partial charge in [-0.15, -0.1) is 18.3 Å². The molecule has 11 heteroatoms. The van der Waals surface area contributed by atoms with Gasteiger partial charge in [0.1, 0.15) is 5.75 Å². The second kappa shape index (κ2) is 8.80. The summed E-state index contributed by atoms with van der Waals surface area (Å²) in [5.74, 6) is -0.0870. The highest BCUT2D eigenvalue weighted by Gasteiger charge is 2.31. The number of benzene rings is 1. The molecule has 0 radical (unpaired) electrons. The molecule has 1 unspecified atom stereocenters. The summed E-state index contributed by atoms with van der Waals surface area (Å²) in [5, 5.41) is 11.8. The van der Waals surface area contributed by atoms with E-state index in [4.69, 9.17) is 0 Å². The fourth-order valence-corrected chi connectivity index (χ4v) is 3.96. The van der Waals surface area contributed by atoms with Gasteiger partial charge in [0.05, 0.1) is 11.4 Å². The zero-order chi connectivity index (χ0) is 20.1. The van der Waals surface area contributed by atoms with Gasteiger partial charge in [-0.05, 0) is 60.4 Å². The Morgan fingerprint density at radius 2 is 2.04 bits per heavy atom. The third kappa shape index (κ3) is 5.15. The molecule has 1 aromatic heterocycles. The van der Waals surface area contributed by atoms with Crippen molar-refractivity contribution in [3.05, 3.63) is 24.3 Å². The summed E-state index contributed by atoms with van der Waals surface area (Å²) in [6, 6.07) is 5.48. The number of aromatic nitrogens is 4. The van der Waals surface area contributed by atoms with Crippen molar-refractivity contribution in [3.63, 3.8) is 0 Å². The number of ether oxygens (including phenoxy) is 1. The zero-order valence-electron chi connectivity index (χ0n) is 15.2. The summed E-state index contributed by atoms with van der Waals surface area (Å²) in [4.78, 5) is 14.5. The van der Waals surface area contributed by atoms with Crippen LogP contribution in [0.15, 0.2) is 29.4 Å². The maximum atomic E-state index is 12.6. The van der Waals surface area contributed by atoms with E-state index >= 15 is 0 Å². The molecule has 1 aliphatic heterocycles. The first kappa shape index (κ1) is 20.4. The zero-order valence-corrected chi connectivity index (χ0v) is 16.0.